The Kier molecular flexibility index (Phi) is 4.40. The molecule has 1 amide bonds. The van der Waals surface area contributed by atoms with Gasteiger partial charge in [0.1, 0.15) is 25.9 Å². The second kappa shape index (κ2) is 7.01. The van der Waals surface area contributed by atoms with Gasteiger partial charge in [-0.1, -0.05) is 11.6 Å². The number of anilines is 1. The standard InChI is InChI=1S/C17H14ClN5O3/c18-12-6-11(7-14-16(12)26-5-4-25-14)8-15(24)22-13-2-1-3-20-17(13)23-10-19-9-21-23/h1-3,6-7,9-10H,4-5,8H2,(H,22,24). The number of hydrogen-bond donors (Lipinski definition) is 1. The number of amides is 1. The Morgan fingerprint density at radius 3 is 3.04 bits per heavy atom. The van der Waals surface area contributed by atoms with E-state index in [0.29, 0.717) is 41.2 Å². The smallest absolute Gasteiger partial charge is 0.228 e. The van der Waals surface area contributed by atoms with Gasteiger partial charge in [-0.15, -0.1) is 0 Å². The highest BCUT2D eigenvalue weighted by Crippen LogP contribution is 2.38. The molecule has 0 radical (unpaired) electrons. The Bertz CT molecular complexity index is 946. The maximum atomic E-state index is 12.5. The Morgan fingerprint density at radius 2 is 2.19 bits per heavy atom. The van der Waals surface area contributed by atoms with Crippen LogP contribution in [0, 0.1) is 0 Å². The molecule has 2 aromatic heterocycles. The van der Waals surface area contributed by atoms with Crippen molar-refractivity contribution in [3.05, 3.63) is 53.7 Å². The molecule has 1 N–H and O–H groups in total. The van der Waals surface area contributed by atoms with Gasteiger partial charge in [0, 0.05) is 6.20 Å². The number of carbonyl (C=O) groups excluding carboxylic acids is 1. The van der Waals surface area contributed by atoms with E-state index in [1.807, 2.05) is 0 Å². The lowest BCUT2D eigenvalue weighted by molar-refractivity contribution is -0.115. The Morgan fingerprint density at radius 1 is 1.31 bits per heavy atom. The lowest BCUT2D eigenvalue weighted by Gasteiger charge is -2.20. The zero-order valence-corrected chi connectivity index (χ0v) is 14.3. The topological polar surface area (TPSA) is 91.2 Å². The summed E-state index contributed by atoms with van der Waals surface area (Å²) in [5.41, 5.74) is 1.26. The van der Waals surface area contributed by atoms with Gasteiger partial charge >= 0.3 is 0 Å². The number of nitrogens with zero attached hydrogens (tertiary/aromatic N) is 4. The molecule has 3 aromatic rings. The third kappa shape index (κ3) is 3.31. The van der Waals surface area contributed by atoms with E-state index in [9.17, 15) is 4.79 Å². The summed E-state index contributed by atoms with van der Waals surface area (Å²) in [7, 11) is 0. The van der Waals surface area contributed by atoms with E-state index in [1.54, 1.807) is 30.5 Å². The number of nitrogens with one attached hydrogen (secondary N) is 1. The third-order valence-corrected chi connectivity index (χ3v) is 4.00. The monoisotopic (exact) mass is 371 g/mol. The molecule has 4 rings (SSSR count). The van der Waals surface area contributed by atoms with Crippen molar-refractivity contribution in [3.63, 3.8) is 0 Å². The summed E-state index contributed by atoms with van der Waals surface area (Å²) in [5, 5.41) is 7.31. The van der Waals surface area contributed by atoms with Crippen molar-refractivity contribution in [3.8, 4) is 17.3 Å². The molecule has 1 aromatic carbocycles. The highest BCUT2D eigenvalue weighted by molar-refractivity contribution is 6.32. The van der Waals surface area contributed by atoms with Crippen LogP contribution in [0.5, 0.6) is 11.5 Å². The van der Waals surface area contributed by atoms with Crippen molar-refractivity contribution in [1.29, 1.82) is 0 Å². The van der Waals surface area contributed by atoms with Crippen molar-refractivity contribution < 1.29 is 14.3 Å². The van der Waals surface area contributed by atoms with Crippen LogP contribution in [0.3, 0.4) is 0 Å². The van der Waals surface area contributed by atoms with Gasteiger partial charge in [0.15, 0.2) is 17.3 Å². The number of halogens is 1. The van der Waals surface area contributed by atoms with Gasteiger partial charge in [-0.25, -0.2) is 14.6 Å². The first-order valence-corrected chi connectivity index (χ1v) is 8.26. The first-order valence-electron chi connectivity index (χ1n) is 7.88. The Balaban J connectivity index is 1.53. The van der Waals surface area contributed by atoms with Gasteiger partial charge in [-0.2, -0.15) is 5.10 Å². The predicted molar refractivity (Wildman–Crippen MR) is 93.9 cm³/mol. The van der Waals surface area contributed by atoms with Crippen molar-refractivity contribution in [2.24, 2.45) is 0 Å². The largest absolute Gasteiger partial charge is 0.486 e. The Hall–Kier alpha value is -3.13. The number of aromatic nitrogens is 4. The van der Waals surface area contributed by atoms with Crippen LogP contribution >= 0.6 is 11.6 Å². The fraction of sp³-hybridized carbons (Fsp3) is 0.176. The van der Waals surface area contributed by atoms with Crippen LogP contribution in [0.4, 0.5) is 5.69 Å². The summed E-state index contributed by atoms with van der Waals surface area (Å²) < 4.78 is 12.5. The van der Waals surface area contributed by atoms with Crippen molar-refractivity contribution >= 4 is 23.2 Å². The number of fused-ring (bicyclic) bond motifs is 1. The number of hydrogen-bond acceptors (Lipinski definition) is 6. The van der Waals surface area contributed by atoms with Crippen molar-refractivity contribution in [2.45, 2.75) is 6.42 Å². The van der Waals surface area contributed by atoms with Crippen LogP contribution in [0.1, 0.15) is 5.56 Å². The molecule has 26 heavy (non-hydrogen) atoms. The minimum Gasteiger partial charge on any atom is -0.486 e. The SMILES string of the molecule is O=C(Cc1cc(Cl)c2c(c1)OCCO2)Nc1cccnc1-n1cncn1. The quantitative estimate of drug-likeness (QED) is 0.756. The molecule has 1 aliphatic rings. The van der Waals surface area contributed by atoms with E-state index in [0.717, 1.165) is 5.56 Å². The zero-order chi connectivity index (χ0) is 17.9. The summed E-state index contributed by atoms with van der Waals surface area (Å²) in [6.45, 7) is 0.911. The Labute approximate surface area is 153 Å². The van der Waals surface area contributed by atoms with Crippen molar-refractivity contribution in [2.75, 3.05) is 18.5 Å². The number of benzene rings is 1. The van der Waals surface area contributed by atoms with Crippen LogP contribution in [0.15, 0.2) is 43.1 Å². The summed E-state index contributed by atoms with van der Waals surface area (Å²) in [6, 6.07) is 6.95. The van der Waals surface area contributed by atoms with Crippen LogP contribution in [-0.4, -0.2) is 38.9 Å². The lowest BCUT2D eigenvalue weighted by Crippen LogP contribution is -2.18. The van der Waals surface area contributed by atoms with E-state index in [4.69, 9.17) is 21.1 Å². The summed E-state index contributed by atoms with van der Waals surface area (Å²) >= 11 is 6.22. The molecule has 0 atom stereocenters. The van der Waals surface area contributed by atoms with E-state index in [2.05, 4.69) is 20.4 Å². The van der Waals surface area contributed by atoms with Gasteiger partial charge in [-0.3, -0.25) is 4.79 Å². The zero-order valence-electron chi connectivity index (χ0n) is 13.6. The van der Waals surface area contributed by atoms with E-state index < -0.39 is 0 Å². The lowest BCUT2D eigenvalue weighted by atomic mass is 10.1. The van der Waals surface area contributed by atoms with Crippen molar-refractivity contribution in [1.82, 2.24) is 19.7 Å². The van der Waals surface area contributed by atoms with Crippen LogP contribution in [0.25, 0.3) is 5.82 Å². The fourth-order valence-electron chi connectivity index (χ4n) is 2.64. The molecule has 3 heterocycles. The number of pyridine rings is 1. The number of ether oxygens (including phenoxy) is 2. The summed E-state index contributed by atoms with van der Waals surface area (Å²) in [5.74, 6) is 1.34. The molecule has 0 bridgehead atoms. The molecular weight excluding hydrogens is 358 g/mol. The summed E-state index contributed by atoms with van der Waals surface area (Å²) in [4.78, 5) is 20.6. The maximum Gasteiger partial charge on any atom is 0.228 e. The molecule has 9 heteroatoms. The number of carbonyl (C=O) groups is 1. The average molecular weight is 372 g/mol. The highest BCUT2D eigenvalue weighted by atomic mass is 35.5. The van der Waals surface area contributed by atoms with Gasteiger partial charge in [0.2, 0.25) is 5.91 Å². The van der Waals surface area contributed by atoms with E-state index in [1.165, 1.54) is 17.3 Å². The van der Waals surface area contributed by atoms with Gasteiger partial charge in [0.05, 0.1) is 17.1 Å². The maximum absolute atomic E-state index is 12.5. The molecule has 0 saturated carbocycles. The van der Waals surface area contributed by atoms with Gasteiger partial charge in [0.25, 0.3) is 0 Å². The molecule has 0 saturated heterocycles. The van der Waals surface area contributed by atoms with Crippen LogP contribution < -0.4 is 14.8 Å². The minimum absolute atomic E-state index is 0.127. The molecular formula is C17H14ClN5O3. The van der Waals surface area contributed by atoms with Crippen LogP contribution in [0.2, 0.25) is 5.02 Å². The second-order valence-corrected chi connectivity index (χ2v) is 5.95. The van der Waals surface area contributed by atoms with E-state index >= 15 is 0 Å². The molecule has 0 aliphatic carbocycles. The van der Waals surface area contributed by atoms with E-state index in [-0.39, 0.29) is 12.3 Å². The normalized spacial score (nSPS) is 12.7. The first-order chi connectivity index (χ1) is 12.7. The number of rotatable bonds is 4. The molecule has 0 fully saturated rings. The van der Waals surface area contributed by atoms with Gasteiger partial charge in [-0.05, 0) is 29.8 Å². The second-order valence-electron chi connectivity index (χ2n) is 5.54. The van der Waals surface area contributed by atoms with Crippen LogP contribution in [-0.2, 0) is 11.2 Å². The minimum atomic E-state index is -0.216. The molecule has 0 unspecified atom stereocenters. The third-order valence-electron chi connectivity index (χ3n) is 3.72. The molecule has 1 aliphatic heterocycles. The molecule has 132 valence electrons. The first kappa shape index (κ1) is 16.3. The fourth-order valence-corrected chi connectivity index (χ4v) is 2.93. The molecule has 8 nitrogen and oxygen atoms in total. The predicted octanol–water partition coefficient (Wildman–Crippen LogP) is 2.27. The summed E-state index contributed by atoms with van der Waals surface area (Å²) in [6.07, 6.45) is 4.66. The highest BCUT2D eigenvalue weighted by Gasteiger charge is 2.18. The average Bonchev–Trinajstić information content (AvgIpc) is 3.16. The van der Waals surface area contributed by atoms with Gasteiger partial charge < -0.3 is 14.8 Å². The molecule has 0 spiro atoms.